The highest BCUT2D eigenvalue weighted by Gasteiger charge is 2.48. The molecule has 7 rings (SSSR count). The number of rotatable bonds is 17. The molecule has 5 aromatic rings. The minimum atomic E-state index is -6.11. The molecule has 67 heavy (non-hydrogen) atoms. The number of sulfone groups is 1. The summed E-state index contributed by atoms with van der Waals surface area (Å²) in [5.41, 5.74) is -3.65. The van der Waals surface area contributed by atoms with E-state index >= 15 is 0 Å². The summed E-state index contributed by atoms with van der Waals surface area (Å²) in [7, 11) is -11.0. The van der Waals surface area contributed by atoms with Crippen LogP contribution in [-0.2, 0) is 32.5 Å². The average molecular weight is 989 g/mol. The van der Waals surface area contributed by atoms with Crippen LogP contribution in [0.2, 0.25) is 0 Å². The third-order valence-corrected chi connectivity index (χ3v) is 16.3. The third kappa shape index (κ3) is 12.3. The lowest BCUT2D eigenvalue weighted by molar-refractivity contribution is -0.137. The molecule has 10 nitrogen and oxygen atoms in total. The molecule has 2 aliphatic rings. The van der Waals surface area contributed by atoms with Crippen LogP contribution in [-0.4, -0.2) is 88.9 Å². The Kier molecular flexibility index (Phi) is 15.7. The number of alkyl halides is 6. The van der Waals surface area contributed by atoms with Gasteiger partial charge in [-0.15, -0.1) is 11.8 Å². The number of anilines is 2. The van der Waals surface area contributed by atoms with Crippen molar-refractivity contribution in [3.8, 4) is 11.1 Å². The second-order valence-corrected chi connectivity index (χ2v) is 21.4. The second-order valence-electron chi connectivity index (χ2n) is 16.7. The van der Waals surface area contributed by atoms with Gasteiger partial charge in [0.15, 0.2) is 0 Å². The van der Waals surface area contributed by atoms with Gasteiger partial charge in [-0.05, 0) is 134 Å². The van der Waals surface area contributed by atoms with Crippen LogP contribution in [0.25, 0.3) is 11.1 Å². The largest absolute Gasteiger partial charge is 0.501 e. The number of aliphatic hydroxyl groups excluding tert-OH is 1. The van der Waals surface area contributed by atoms with Gasteiger partial charge in [0.2, 0.25) is 0 Å². The number of β-amino-alcohol motifs (C(OH)–C–C–N with tert-alkyl or cyclic N) is 1. The summed E-state index contributed by atoms with van der Waals surface area (Å²) < 4.78 is 137. The van der Waals surface area contributed by atoms with Gasteiger partial charge in [0.1, 0.15) is 4.90 Å². The average Bonchev–Trinajstić information content (AvgIpc) is 3.74. The van der Waals surface area contributed by atoms with Gasteiger partial charge in [-0.1, -0.05) is 54.6 Å². The van der Waals surface area contributed by atoms with E-state index < -0.39 is 64.5 Å². The van der Waals surface area contributed by atoms with E-state index in [1.165, 1.54) is 36.0 Å². The Bertz CT molecular complexity index is 2700. The molecular formula is C48H50F6N4O6S3. The minimum absolute atomic E-state index is 0.0490. The summed E-state index contributed by atoms with van der Waals surface area (Å²) in [5, 5.41) is 12.6. The van der Waals surface area contributed by atoms with Gasteiger partial charge in [-0.3, -0.25) is 9.69 Å². The molecule has 2 saturated heterocycles. The molecule has 0 spiro atoms. The number of nitrogens with zero attached hydrogens (tertiary/aromatic N) is 2. The van der Waals surface area contributed by atoms with E-state index in [0.29, 0.717) is 49.4 Å². The SMILES string of the molecule is O=C(NS(=O)(=O)c1ccc(N[C@@H](CSc2ccccc2)CC2CCCN2CCO)c(S(=O)(=O)C(F)(F)F)c1)c1ccc(N2CCC(Cc3ccccc3-c3ccc(C(F)(F)F)cc3)CC2)cc1. The standard InChI is InChI=1S/C48H50F6N4O6S3/c49-47(50,51)37-16-12-34(13-17-37)43-11-5-4-7-36(43)29-33-22-25-58(26-23-33)39-18-14-35(15-19-39)46(60)56-67(63,64)42-20-21-44(45(31-42)66(61,62)48(52,53)54)55-38(32-65-41-9-2-1-3-10-41)30-40-8-6-24-57(40)27-28-59/h1-5,7,9-21,31,33,38,40,55,59H,6,8,22-30,32H2,(H,56,60)/t38-,40?/m1/s1. The molecule has 2 aliphatic heterocycles. The zero-order valence-electron chi connectivity index (χ0n) is 36.1. The molecule has 19 heteroatoms. The van der Waals surface area contributed by atoms with E-state index in [4.69, 9.17) is 0 Å². The second kappa shape index (κ2) is 21.1. The van der Waals surface area contributed by atoms with E-state index in [1.807, 2.05) is 59.3 Å². The maximum absolute atomic E-state index is 14.2. The van der Waals surface area contributed by atoms with Crippen molar-refractivity contribution in [3.63, 3.8) is 0 Å². The van der Waals surface area contributed by atoms with Gasteiger partial charge in [0, 0.05) is 53.6 Å². The molecule has 0 aliphatic carbocycles. The van der Waals surface area contributed by atoms with E-state index in [-0.39, 0.29) is 18.2 Å². The number of hydrogen-bond donors (Lipinski definition) is 3. The van der Waals surface area contributed by atoms with Crippen LogP contribution in [0.5, 0.6) is 0 Å². The monoisotopic (exact) mass is 988 g/mol. The molecule has 5 aromatic carbocycles. The molecule has 2 atom stereocenters. The van der Waals surface area contributed by atoms with Crippen molar-refractivity contribution in [3.05, 3.63) is 138 Å². The molecule has 2 heterocycles. The molecule has 3 N–H and O–H groups in total. The predicted octanol–water partition coefficient (Wildman–Crippen LogP) is 9.66. The molecule has 0 radical (unpaired) electrons. The molecule has 2 fully saturated rings. The van der Waals surface area contributed by atoms with Gasteiger partial charge < -0.3 is 15.3 Å². The smallest absolute Gasteiger partial charge is 0.395 e. The fourth-order valence-corrected chi connectivity index (χ4v) is 11.7. The third-order valence-electron chi connectivity index (χ3n) is 12.2. The Hall–Kier alpha value is -5.08. The number of benzene rings is 5. The fraction of sp³-hybridized carbons (Fsp3) is 0.354. The van der Waals surface area contributed by atoms with Crippen LogP contribution in [0.15, 0.2) is 136 Å². The summed E-state index contributed by atoms with van der Waals surface area (Å²) in [6.45, 7) is 2.36. The molecule has 0 aromatic heterocycles. The highest BCUT2D eigenvalue weighted by Crippen LogP contribution is 2.38. The van der Waals surface area contributed by atoms with Crippen LogP contribution in [0.4, 0.5) is 37.7 Å². The van der Waals surface area contributed by atoms with Gasteiger partial charge >= 0.3 is 11.7 Å². The van der Waals surface area contributed by atoms with Gasteiger partial charge in [0.25, 0.3) is 25.8 Å². The Morgan fingerprint density at radius 3 is 2.12 bits per heavy atom. The van der Waals surface area contributed by atoms with Crippen molar-refractivity contribution < 1.29 is 53.1 Å². The Labute approximate surface area is 390 Å². The van der Waals surface area contributed by atoms with Crippen LogP contribution < -0.4 is 14.9 Å². The maximum atomic E-state index is 14.2. The lowest BCUT2D eigenvalue weighted by Crippen LogP contribution is -2.38. The Balaban J connectivity index is 1.02. The van der Waals surface area contributed by atoms with Crippen LogP contribution >= 0.6 is 11.8 Å². The van der Waals surface area contributed by atoms with Crippen LogP contribution in [0.3, 0.4) is 0 Å². The van der Waals surface area contributed by atoms with Crippen molar-refractivity contribution in [2.24, 2.45) is 5.92 Å². The minimum Gasteiger partial charge on any atom is -0.395 e. The highest BCUT2D eigenvalue weighted by molar-refractivity contribution is 7.99. The van der Waals surface area contributed by atoms with E-state index in [1.54, 1.807) is 12.1 Å². The van der Waals surface area contributed by atoms with Gasteiger partial charge in [-0.2, -0.15) is 26.3 Å². The zero-order valence-corrected chi connectivity index (χ0v) is 38.6. The molecular weight excluding hydrogens is 939 g/mol. The van der Waals surface area contributed by atoms with E-state index in [9.17, 15) is 53.1 Å². The normalized spacial score (nSPS) is 17.1. The summed E-state index contributed by atoms with van der Waals surface area (Å²) in [6.07, 6.45) is -0.0933. The molecule has 1 amide bonds. The summed E-state index contributed by atoms with van der Waals surface area (Å²) in [6, 6.07) is 29.8. The van der Waals surface area contributed by atoms with Crippen molar-refractivity contribution in [1.29, 1.82) is 0 Å². The van der Waals surface area contributed by atoms with Crippen LogP contribution in [0.1, 0.15) is 53.6 Å². The highest BCUT2D eigenvalue weighted by atomic mass is 32.2. The number of thioether (sulfide) groups is 1. The van der Waals surface area contributed by atoms with E-state index in [2.05, 4.69) is 15.1 Å². The number of aliphatic hydroxyl groups is 1. The van der Waals surface area contributed by atoms with Crippen molar-refractivity contribution in [2.75, 3.05) is 48.8 Å². The Morgan fingerprint density at radius 2 is 1.46 bits per heavy atom. The number of sulfonamides is 1. The lowest BCUT2D eigenvalue weighted by atomic mass is 9.86. The number of hydrogen-bond acceptors (Lipinski definition) is 10. The van der Waals surface area contributed by atoms with Crippen molar-refractivity contribution in [2.45, 2.75) is 77.0 Å². The van der Waals surface area contributed by atoms with Crippen LogP contribution in [0, 0.1) is 5.92 Å². The molecule has 0 saturated carbocycles. The van der Waals surface area contributed by atoms with Crippen molar-refractivity contribution in [1.82, 2.24) is 9.62 Å². The summed E-state index contributed by atoms with van der Waals surface area (Å²) >= 11 is 1.41. The first-order chi connectivity index (χ1) is 31.8. The number of amides is 1. The van der Waals surface area contributed by atoms with Gasteiger partial charge in [-0.25, -0.2) is 21.6 Å². The lowest BCUT2D eigenvalue weighted by Gasteiger charge is -2.34. The van der Waals surface area contributed by atoms with Gasteiger partial charge in [0.05, 0.1) is 22.8 Å². The number of likely N-dealkylation sites (tertiary alicyclic amines) is 1. The Morgan fingerprint density at radius 1 is 0.791 bits per heavy atom. The number of carbonyl (C=O) groups excluding carboxylic acids is 1. The number of piperidine rings is 1. The molecule has 1 unspecified atom stereocenters. The first-order valence-electron chi connectivity index (χ1n) is 21.7. The molecule has 0 bridgehead atoms. The summed E-state index contributed by atoms with van der Waals surface area (Å²) in [5.74, 6) is -0.474. The number of halogens is 6. The quantitative estimate of drug-likeness (QED) is 0.0611. The first-order valence-corrected chi connectivity index (χ1v) is 25.7. The topological polar surface area (TPSA) is 136 Å². The summed E-state index contributed by atoms with van der Waals surface area (Å²) in [4.78, 5) is 16.2. The number of carbonyl (C=O) groups is 1. The fourth-order valence-electron chi connectivity index (χ4n) is 8.74. The first kappa shape index (κ1) is 49.8. The maximum Gasteiger partial charge on any atom is 0.501 e. The predicted molar refractivity (Wildman–Crippen MR) is 247 cm³/mol. The van der Waals surface area contributed by atoms with E-state index in [0.717, 1.165) is 84.6 Å². The number of nitrogens with one attached hydrogen (secondary N) is 2. The zero-order chi connectivity index (χ0) is 48.0. The molecule has 358 valence electrons. The van der Waals surface area contributed by atoms with Crippen molar-refractivity contribution >= 4 is 48.9 Å².